The Labute approximate surface area is 97.8 Å². The normalized spacial score (nSPS) is 13.2. The van der Waals surface area contributed by atoms with Crippen LogP contribution in [0.3, 0.4) is 0 Å². The molecule has 1 aromatic heterocycles. The number of ether oxygens (including phenoxy) is 1. The molecule has 0 bridgehead atoms. The minimum absolute atomic E-state index is 0.350. The number of anilines is 1. The zero-order valence-electron chi connectivity index (χ0n) is 10.5. The number of aromatic nitrogens is 2. The minimum Gasteiger partial charge on any atom is -0.382 e. The van der Waals surface area contributed by atoms with E-state index in [9.17, 15) is 0 Å². The third-order valence-electron chi connectivity index (χ3n) is 2.40. The molecular weight excluding hydrogens is 202 g/mol. The smallest absolute Gasteiger partial charge is 0.145 e. The van der Waals surface area contributed by atoms with Gasteiger partial charge < -0.3 is 10.5 Å². The average molecular weight is 225 g/mol. The molecule has 92 valence electrons. The van der Waals surface area contributed by atoms with Crippen LogP contribution in [0.2, 0.25) is 0 Å². The molecule has 4 nitrogen and oxygen atoms in total. The van der Waals surface area contributed by atoms with Crippen molar-refractivity contribution in [3.63, 3.8) is 0 Å². The fourth-order valence-electron chi connectivity index (χ4n) is 1.74. The molecule has 0 aliphatic rings. The molecule has 0 saturated heterocycles. The van der Waals surface area contributed by atoms with Crippen molar-refractivity contribution in [2.75, 3.05) is 12.3 Å². The lowest BCUT2D eigenvalue weighted by Crippen LogP contribution is -2.13. The van der Waals surface area contributed by atoms with Crippen molar-refractivity contribution in [3.8, 4) is 0 Å². The van der Waals surface area contributed by atoms with Crippen molar-refractivity contribution < 1.29 is 4.74 Å². The molecular formula is C12H23N3O. The summed E-state index contributed by atoms with van der Waals surface area (Å²) in [5.74, 6) is 1.27. The summed E-state index contributed by atoms with van der Waals surface area (Å²) in [6, 6.07) is 1.81. The van der Waals surface area contributed by atoms with Gasteiger partial charge in [0.25, 0.3) is 0 Å². The number of aryl methyl sites for hydroxylation is 1. The lowest BCUT2D eigenvalue weighted by molar-refractivity contribution is 0.0483. The predicted molar refractivity (Wildman–Crippen MR) is 66.1 cm³/mol. The van der Waals surface area contributed by atoms with E-state index in [0.29, 0.717) is 17.8 Å². The second kappa shape index (κ2) is 6.53. The highest BCUT2D eigenvalue weighted by molar-refractivity contribution is 5.23. The molecule has 0 aromatic carbocycles. The molecule has 0 spiro atoms. The van der Waals surface area contributed by atoms with Crippen LogP contribution in [0.25, 0.3) is 0 Å². The molecule has 2 N–H and O–H groups in total. The van der Waals surface area contributed by atoms with Gasteiger partial charge in [0.15, 0.2) is 0 Å². The zero-order valence-corrected chi connectivity index (χ0v) is 10.5. The van der Waals surface area contributed by atoms with Crippen LogP contribution in [0.5, 0.6) is 0 Å². The molecule has 0 aliphatic heterocycles. The van der Waals surface area contributed by atoms with Gasteiger partial charge in [-0.15, -0.1) is 0 Å². The standard InChI is InChI=1S/C12H23N3O/c1-10(2)9-11(3)16-8-4-6-15-7-5-12(13)14-15/h5,7,10-11H,4,6,8-9H2,1-3H3,(H2,13,14). The van der Waals surface area contributed by atoms with Crippen molar-refractivity contribution >= 4 is 5.82 Å². The molecule has 1 heterocycles. The first-order chi connectivity index (χ1) is 7.58. The quantitative estimate of drug-likeness (QED) is 0.724. The number of hydrogen-bond acceptors (Lipinski definition) is 3. The number of rotatable bonds is 7. The second-order valence-electron chi connectivity index (χ2n) is 4.67. The summed E-state index contributed by atoms with van der Waals surface area (Å²) in [5.41, 5.74) is 5.52. The van der Waals surface area contributed by atoms with E-state index in [1.165, 1.54) is 0 Å². The van der Waals surface area contributed by atoms with Crippen LogP contribution in [0, 0.1) is 5.92 Å². The fraction of sp³-hybridized carbons (Fsp3) is 0.750. The Balaban J connectivity index is 2.07. The van der Waals surface area contributed by atoms with Crippen molar-refractivity contribution in [1.82, 2.24) is 9.78 Å². The van der Waals surface area contributed by atoms with E-state index in [1.807, 2.05) is 16.9 Å². The Kier molecular flexibility index (Phi) is 5.32. The van der Waals surface area contributed by atoms with E-state index in [2.05, 4.69) is 25.9 Å². The van der Waals surface area contributed by atoms with Gasteiger partial charge in [-0.3, -0.25) is 4.68 Å². The fourth-order valence-corrected chi connectivity index (χ4v) is 1.74. The van der Waals surface area contributed by atoms with E-state index >= 15 is 0 Å². The van der Waals surface area contributed by atoms with Crippen LogP contribution in [0.1, 0.15) is 33.6 Å². The molecule has 1 rings (SSSR count). The monoisotopic (exact) mass is 225 g/mol. The summed E-state index contributed by atoms with van der Waals surface area (Å²) in [7, 11) is 0. The number of nitrogens with two attached hydrogens (primary N) is 1. The Morgan fingerprint density at radius 1 is 1.44 bits per heavy atom. The SMILES string of the molecule is CC(C)CC(C)OCCCn1ccc(N)n1. The van der Waals surface area contributed by atoms with Gasteiger partial charge in [-0.2, -0.15) is 5.10 Å². The van der Waals surface area contributed by atoms with E-state index in [-0.39, 0.29) is 0 Å². The molecule has 1 aromatic rings. The molecule has 0 saturated carbocycles. The summed E-state index contributed by atoms with van der Waals surface area (Å²) in [6.45, 7) is 8.21. The summed E-state index contributed by atoms with van der Waals surface area (Å²) >= 11 is 0. The number of nitrogen functional groups attached to an aromatic ring is 1. The van der Waals surface area contributed by atoms with Crippen LogP contribution in [0.4, 0.5) is 5.82 Å². The highest BCUT2D eigenvalue weighted by Gasteiger charge is 2.04. The topological polar surface area (TPSA) is 53.1 Å². The maximum absolute atomic E-state index is 5.71. The Morgan fingerprint density at radius 2 is 2.19 bits per heavy atom. The van der Waals surface area contributed by atoms with Crippen LogP contribution < -0.4 is 5.73 Å². The van der Waals surface area contributed by atoms with Crippen molar-refractivity contribution in [2.24, 2.45) is 5.92 Å². The maximum Gasteiger partial charge on any atom is 0.145 e. The molecule has 0 fully saturated rings. The van der Waals surface area contributed by atoms with Gasteiger partial charge in [-0.25, -0.2) is 0 Å². The Hall–Kier alpha value is -1.03. The molecule has 0 amide bonds. The van der Waals surface area contributed by atoms with Gasteiger partial charge in [0.1, 0.15) is 5.82 Å². The van der Waals surface area contributed by atoms with Crippen LogP contribution >= 0.6 is 0 Å². The predicted octanol–water partition coefficient (Wildman–Crippen LogP) is 2.31. The van der Waals surface area contributed by atoms with E-state index in [1.54, 1.807) is 0 Å². The lowest BCUT2D eigenvalue weighted by atomic mass is 10.1. The largest absolute Gasteiger partial charge is 0.382 e. The number of nitrogens with zero attached hydrogens (tertiary/aromatic N) is 2. The molecule has 1 atom stereocenters. The first-order valence-electron chi connectivity index (χ1n) is 5.98. The van der Waals surface area contributed by atoms with Crippen molar-refractivity contribution in [1.29, 1.82) is 0 Å². The van der Waals surface area contributed by atoms with Crippen molar-refractivity contribution in [3.05, 3.63) is 12.3 Å². The second-order valence-corrected chi connectivity index (χ2v) is 4.67. The van der Waals surface area contributed by atoms with Gasteiger partial charge in [-0.1, -0.05) is 13.8 Å². The Morgan fingerprint density at radius 3 is 2.75 bits per heavy atom. The first-order valence-corrected chi connectivity index (χ1v) is 5.98. The van der Waals surface area contributed by atoms with E-state index in [4.69, 9.17) is 10.5 Å². The van der Waals surface area contributed by atoms with Crippen molar-refractivity contribution in [2.45, 2.75) is 46.3 Å². The van der Waals surface area contributed by atoms with Gasteiger partial charge >= 0.3 is 0 Å². The van der Waals surface area contributed by atoms with E-state index < -0.39 is 0 Å². The highest BCUT2D eigenvalue weighted by atomic mass is 16.5. The summed E-state index contributed by atoms with van der Waals surface area (Å²) in [4.78, 5) is 0. The van der Waals surface area contributed by atoms with Crippen LogP contribution in [-0.2, 0) is 11.3 Å². The first kappa shape index (κ1) is 13.0. The summed E-state index contributed by atoms with van der Waals surface area (Å²) in [5, 5.41) is 4.11. The van der Waals surface area contributed by atoms with Gasteiger partial charge in [0, 0.05) is 19.3 Å². The molecule has 4 heteroatoms. The van der Waals surface area contributed by atoms with Gasteiger partial charge in [0.05, 0.1) is 6.10 Å². The van der Waals surface area contributed by atoms with Crippen LogP contribution in [0.15, 0.2) is 12.3 Å². The lowest BCUT2D eigenvalue weighted by Gasteiger charge is -2.14. The Bertz CT molecular complexity index is 296. The summed E-state index contributed by atoms with van der Waals surface area (Å²) < 4.78 is 7.56. The molecule has 16 heavy (non-hydrogen) atoms. The third-order valence-corrected chi connectivity index (χ3v) is 2.40. The van der Waals surface area contributed by atoms with E-state index in [0.717, 1.165) is 26.0 Å². The van der Waals surface area contributed by atoms with Gasteiger partial charge in [0.2, 0.25) is 0 Å². The minimum atomic E-state index is 0.350. The molecule has 0 aliphatic carbocycles. The maximum atomic E-state index is 5.71. The highest BCUT2D eigenvalue weighted by Crippen LogP contribution is 2.07. The zero-order chi connectivity index (χ0) is 12.0. The van der Waals surface area contributed by atoms with Crippen LogP contribution in [-0.4, -0.2) is 22.5 Å². The number of hydrogen-bond donors (Lipinski definition) is 1. The molecule has 1 unspecified atom stereocenters. The summed E-state index contributed by atoms with van der Waals surface area (Å²) in [6.07, 6.45) is 4.34. The average Bonchev–Trinajstić information content (AvgIpc) is 2.58. The third kappa shape index (κ3) is 5.16. The molecule has 0 radical (unpaired) electrons. The van der Waals surface area contributed by atoms with Gasteiger partial charge in [-0.05, 0) is 31.7 Å².